The van der Waals surface area contributed by atoms with Crippen molar-refractivity contribution >= 4 is 23.0 Å². The molecule has 2 bridgehead atoms. The fraction of sp³-hybridized carbons (Fsp3) is 0.400. The molecule has 1 fully saturated rings. The third-order valence-corrected chi connectivity index (χ3v) is 4.40. The Labute approximate surface area is 111 Å². The molecule has 1 N–H and O–H groups in total. The number of hydrogen-bond donors (Lipinski definition) is 1. The first-order valence-corrected chi connectivity index (χ1v) is 6.69. The first kappa shape index (κ1) is 11.8. The summed E-state index contributed by atoms with van der Waals surface area (Å²) in [5, 5.41) is 10.9. The first-order chi connectivity index (χ1) is 8.58. The molecule has 1 saturated carbocycles. The molecule has 2 atom stereocenters. The van der Waals surface area contributed by atoms with Gasteiger partial charge in [-0.1, -0.05) is 17.7 Å². The van der Waals surface area contributed by atoms with Gasteiger partial charge in [0.05, 0.1) is 5.57 Å². The highest BCUT2D eigenvalue weighted by Gasteiger charge is 2.41. The third-order valence-electron chi connectivity index (χ3n) is 4.16. The SMILES string of the molecule is Cc1ccc(Cl)cc1C1=C(O)[C@@H]2CC[C@@H](C2)C1=O. The number of halogens is 1. The average molecular weight is 263 g/mol. The molecule has 18 heavy (non-hydrogen) atoms. The van der Waals surface area contributed by atoms with Crippen LogP contribution in [-0.4, -0.2) is 10.9 Å². The van der Waals surface area contributed by atoms with Gasteiger partial charge in [-0.2, -0.15) is 0 Å². The molecule has 3 heteroatoms. The number of benzene rings is 1. The lowest BCUT2D eigenvalue weighted by Crippen LogP contribution is -2.21. The Bertz CT molecular complexity index is 560. The molecule has 2 nitrogen and oxygen atoms in total. The molecule has 0 aromatic heterocycles. The maximum absolute atomic E-state index is 12.4. The van der Waals surface area contributed by atoms with Crippen molar-refractivity contribution < 1.29 is 9.90 Å². The van der Waals surface area contributed by atoms with E-state index in [0.29, 0.717) is 10.6 Å². The van der Waals surface area contributed by atoms with E-state index >= 15 is 0 Å². The Morgan fingerprint density at radius 3 is 2.78 bits per heavy atom. The van der Waals surface area contributed by atoms with Crippen LogP contribution < -0.4 is 0 Å². The van der Waals surface area contributed by atoms with E-state index in [-0.39, 0.29) is 23.4 Å². The van der Waals surface area contributed by atoms with Crippen LogP contribution in [0, 0.1) is 18.8 Å². The van der Waals surface area contributed by atoms with E-state index in [0.717, 1.165) is 30.4 Å². The number of Topliss-reactive ketones (excluding diaryl/α,β-unsaturated/α-hetero) is 1. The predicted octanol–water partition coefficient (Wildman–Crippen LogP) is 3.92. The minimum absolute atomic E-state index is 0.0895. The molecule has 0 unspecified atom stereocenters. The number of rotatable bonds is 1. The molecule has 2 aliphatic rings. The van der Waals surface area contributed by atoms with Crippen LogP contribution >= 0.6 is 11.6 Å². The lowest BCUT2D eigenvalue weighted by molar-refractivity contribution is -0.117. The zero-order valence-electron chi connectivity index (χ0n) is 10.2. The monoisotopic (exact) mass is 262 g/mol. The smallest absolute Gasteiger partial charge is 0.169 e. The van der Waals surface area contributed by atoms with Crippen LogP contribution in [-0.2, 0) is 4.79 Å². The van der Waals surface area contributed by atoms with E-state index in [1.165, 1.54) is 0 Å². The summed E-state index contributed by atoms with van der Waals surface area (Å²) in [5.74, 6) is 0.631. The van der Waals surface area contributed by atoms with Gasteiger partial charge in [-0.05, 0) is 49.4 Å². The van der Waals surface area contributed by atoms with Crippen LogP contribution in [0.5, 0.6) is 0 Å². The molecule has 0 aliphatic heterocycles. The van der Waals surface area contributed by atoms with Crippen molar-refractivity contribution in [3.05, 3.63) is 40.1 Å². The van der Waals surface area contributed by atoms with Crippen molar-refractivity contribution in [3.8, 4) is 0 Å². The van der Waals surface area contributed by atoms with Crippen LogP contribution in [0.15, 0.2) is 24.0 Å². The van der Waals surface area contributed by atoms with Gasteiger partial charge in [0.1, 0.15) is 5.76 Å². The van der Waals surface area contributed by atoms with Crippen molar-refractivity contribution in [2.75, 3.05) is 0 Å². The average Bonchev–Trinajstić information content (AvgIpc) is 2.78. The second kappa shape index (κ2) is 4.13. The normalized spacial score (nSPS) is 26.9. The van der Waals surface area contributed by atoms with Crippen molar-refractivity contribution in [3.63, 3.8) is 0 Å². The quantitative estimate of drug-likeness (QED) is 0.833. The van der Waals surface area contributed by atoms with Gasteiger partial charge >= 0.3 is 0 Å². The maximum atomic E-state index is 12.4. The fourth-order valence-corrected chi connectivity index (χ4v) is 3.31. The highest BCUT2D eigenvalue weighted by molar-refractivity contribution is 6.31. The molecule has 0 heterocycles. The Morgan fingerprint density at radius 2 is 2.00 bits per heavy atom. The van der Waals surface area contributed by atoms with Gasteiger partial charge < -0.3 is 5.11 Å². The van der Waals surface area contributed by atoms with E-state index < -0.39 is 0 Å². The Hall–Kier alpha value is -1.28. The molecular formula is C15H15ClO2. The fourth-order valence-electron chi connectivity index (χ4n) is 3.14. The molecule has 3 rings (SSSR count). The second-order valence-corrected chi connectivity index (χ2v) is 5.73. The van der Waals surface area contributed by atoms with Crippen LogP contribution in [0.1, 0.15) is 30.4 Å². The van der Waals surface area contributed by atoms with Crippen LogP contribution in [0.2, 0.25) is 5.02 Å². The van der Waals surface area contributed by atoms with Crippen LogP contribution in [0.25, 0.3) is 5.57 Å². The number of hydrogen-bond acceptors (Lipinski definition) is 2. The van der Waals surface area contributed by atoms with Gasteiger partial charge in [0.2, 0.25) is 0 Å². The summed E-state index contributed by atoms with van der Waals surface area (Å²) >= 11 is 6.00. The number of aliphatic hydroxyl groups is 1. The first-order valence-electron chi connectivity index (χ1n) is 6.32. The van der Waals surface area contributed by atoms with E-state index in [1.54, 1.807) is 12.1 Å². The van der Waals surface area contributed by atoms with E-state index in [9.17, 15) is 9.90 Å². The van der Waals surface area contributed by atoms with Crippen molar-refractivity contribution in [1.29, 1.82) is 0 Å². The van der Waals surface area contributed by atoms with Gasteiger partial charge in [-0.3, -0.25) is 4.79 Å². The number of ketones is 1. The van der Waals surface area contributed by atoms with E-state index in [1.807, 2.05) is 13.0 Å². The molecule has 0 amide bonds. The van der Waals surface area contributed by atoms with Crippen molar-refractivity contribution in [2.24, 2.45) is 11.8 Å². The van der Waals surface area contributed by atoms with Crippen molar-refractivity contribution in [1.82, 2.24) is 0 Å². The van der Waals surface area contributed by atoms with Gasteiger partial charge in [-0.15, -0.1) is 0 Å². The molecule has 0 spiro atoms. The number of aliphatic hydroxyl groups excluding tert-OH is 1. The summed E-state index contributed by atoms with van der Waals surface area (Å²) in [6.45, 7) is 1.94. The van der Waals surface area contributed by atoms with Crippen LogP contribution in [0.4, 0.5) is 0 Å². The lowest BCUT2D eigenvalue weighted by Gasteiger charge is -2.22. The molecule has 0 radical (unpaired) electrons. The molecule has 2 aliphatic carbocycles. The molecular weight excluding hydrogens is 248 g/mol. The summed E-state index contributed by atoms with van der Waals surface area (Å²) < 4.78 is 0. The predicted molar refractivity (Wildman–Crippen MR) is 71.6 cm³/mol. The third kappa shape index (κ3) is 1.67. The number of fused-ring (bicyclic) bond motifs is 2. The Morgan fingerprint density at radius 1 is 1.28 bits per heavy atom. The largest absolute Gasteiger partial charge is 0.511 e. The van der Waals surface area contributed by atoms with E-state index in [2.05, 4.69) is 0 Å². The second-order valence-electron chi connectivity index (χ2n) is 5.29. The van der Waals surface area contributed by atoms with Crippen LogP contribution in [0.3, 0.4) is 0 Å². The Kier molecular flexibility index (Phi) is 2.70. The summed E-state index contributed by atoms with van der Waals surface area (Å²) in [5.41, 5.74) is 2.28. The number of allylic oxidation sites excluding steroid dienone is 2. The van der Waals surface area contributed by atoms with Gasteiger partial charge in [-0.25, -0.2) is 0 Å². The highest BCUT2D eigenvalue weighted by atomic mass is 35.5. The summed E-state index contributed by atoms with van der Waals surface area (Å²) in [7, 11) is 0. The standard InChI is InChI=1S/C15H15ClO2/c1-8-2-5-11(16)7-12(8)13-14(17)9-3-4-10(6-9)15(13)18/h2,5,7,9-10,17H,3-4,6H2,1H3/t9-,10+/m1/s1. The topological polar surface area (TPSA) is 37.3 Å². The molecule has 94 valence electrons. The molecule has 0 saturated heterocycles. The number of aryl methyl sites for hydroxylation is 1. The van der Waals surface area contributed by atoms with Gasteiger partial charge in [0.25, 0.3) is 0 Å². The minimum atomic E-state index is 0.0895. The molecule has 1 aromatic carbocycles. The maximum Gasteiger partial charge on any atom is 0.169 e. The lowest BCUT2D eigenvalue weighted by atomic mass is 9.82. The zero-order valence-corrected chi connectivity index (χ0v) is 11.0. The number of carbonyl (C=O) groups excluding carboxylic acids is 1. The highest BCUT2D eigenvalue weighted by Crippen LogP contribution is 2.45. The number of carbonyl (C=O) groups is 1. The van der Waals surface area contributed by atoms with E-state index in [4.69, 9.17) is 11.6 Å². The minimum Gasteiger partial charge on any atom is -0.511 e. The van der Waals surface area contributed by atoms with Gasteiger partial charge in [0, 0.05) is 16.9 Å². The van der Waals surface area contributed by atoms with Crippen molar-refractivity contribution in [2.45, 2.75) is 26.2 Å². The summed E-state index contributed by atoms with van der Waals surface area (Å²) in [6, 6.07) is 5.48. The summed E-state index contributed by atoms with van der Waals surface area (Å²) in [6.07, 6.45) is 2.63. The Balaban J connectivity index is 2.18. The zero-order chi connectivity index (χ0) is 12.9. The van der Waals surface area contributed by atoms with Gasteiger partial charge in [0.15, 0.2) is 5.78 Å². The molecule has 1 aromatic rings. The summed E-state index contributed by atoms with van der Waals surface area (Å²) in [4.78, 5) is 12.4.